The van der Waals surface area contributed by atoms with Crippen LogP contribution in [0.4, 0.5) is 26.3 Å². The van der Waals surface area contributed by atoms with E-state index in [4.69, 9.17) is 4.98 Å². The lowest BCUT2D eigenvalue weighted by molar-refractivity contribution is -0.144. The standard InChI is InChI=1S/C25H19F6N5/c1-13-7-9-17-15(11-13)16-12-14(24(26,27)28)8-10-18(16)36(17)20-6-4-5-19(32-20)23(2,3)21-33-22(35-34-21)25(29,30)31/h4-12H,1-3H3,(H,33,34,35). The van der Waals surface area contributed by atoms with Crippen LogP contribution >= 0.6 is 0 Å². The highest BCUT2D eigenvalue weighted by Crippen LogP contribution is 2.38. The van der Waals surface area contributed by atoms with Crippen LogP contribution in [-0.2, 0) is 17.8 Å². The number of alkyl halides is 6. The van der Waals surface area contributed by atoms with Crippen molar-refractivity contribution in [3.05, 3.63) is 83.1 Å². The molecule has 11 heteroatoms. The molecule has 0 bridgehead atoms. The summed E-state index contributed by atoms with van der Waals surface area (Å²) in [6.07, 6.45) is -9.20. The number of nitrogens with one attached hydrogen (secondary N) is 1. The first-order chi connectivity index (χ1) is 16.8. The van der Waals surface area contributed by atoms with Gasteiger partial charge in [-0.25, -0.2) is 9.97 Å². The fourth-order valence-corrected chi connectivity index (χ4v) is 4.25. The van der Waals surface area contributed by atoms with E-state index >= 15 is 0 Å². The van der Waals surface area contributed by atoms with Crippen molar-refractivity contribution in [2.45, 2.75) is 38.5 Å². The molecule has 0 fully saturated rings. The zero-order valence-corrected chi connectivity index (χ0v) is 19.3. The molecule has 0 aliphatic carbocycles. The molecule has 36 heavy (non-hydrogen) atoms. The van der Waals surface area contributed by atoms with E-state index in [1.165, 1.54) is 6.07 Å². The minimum absolute atomic E-state index is 0.0212. The number of aromatic nitrogens is 5. The van der Waals surface area contributed by atoms with E-state index in [0.29, 0.717) is 33.3 Å². The number of H-pyrrole nitrogens is 1. The number of nitrogens with zero attached hydrogens (tertiary/aromatic N) is 4. The topological polar surface area (TPSA) is 59.4 Å². The van der Waals surface area contributed by atoms with Crippen LogP contribution in [0.15, 0.2) is 54.6 Å². The summed E-state index contributed by atoms with van der Waals surface area (Å²) < 4.78 is 81.2. The molecule has 0 spiro atoms. The Kier molecular flexibility index (Phi) is 5.17. The highest BCUT2D eigenvalue weighted by molar-refractivity contribution is 6.09. The van der Waals surface area contributed by atoms with Crippen LogP contribution in [0.3, 0.4) is 0 Å². The molecule has 0 aliphatic heterocycles. The monoisotopic (exact) mass is 503 g/mol. The van der Waals surface area contributed by atoms with E-state index in [1.807, 2.05) is 25.1 Å². The highest BCUT2D eigenvalue weighted by atomic mass is 19.4. The summed E-state index contributed by atoms with van der Waals surface area (Å²) in [7, 11) is 0. The molecular formula is C25H19F6N5. The second kappa shape index (κ2) is 7.81. The van der Waals surface area contributed by atoms with Crippen molar-refractivity contribution in [1.82, 2.24) is 24.7 Å². The number of aromatic amines is 1. The molecule has 0 saturated carbocycles. The van der Waals surface area contributed by atoms with E-state index < -0.39 is 29.2 Å². The van der Waals surface area contributed by atoms with E-state index in [0.717, 1.165) is 17.7 Å². The zero-order valence-electron chi connectivity index (χ0n) is 19.3. The number of hydrogen-bond donors (Lipinski definition) is 1. The predicted molar refractivity (Wildman–Crippen MR) is 122 cm³/mol. The summed E-state index contributed by atoms with van der Waals surface area (Å²) in [6.45, 7) is 5.17. The van der Waals surface area contributed by atoms with Crippen molar-refractivity contribution in [1.29, 1.82) is 0 Å². The molecule has 0 radical (unpaired) electrons. The Morgan fingerprint density at radius 3 is 2.08 bits per heavy atom. The van der Waals surface area contributed by atoms with Gasteiger partial charge in [0.1, 0.15) is 11.6 Å². The predicted octanol–water partition coefficient (Wildman–Crippen LogP) is 6.97. The fraction of sp³-hybridized carbons (Fsp3) is 0.240. The zero-order chi connectivity index (χ0) is 26.0. The second-order valence-corrected chi connectivity index (χ2v) is 9.10. The molecule has 0 amide bonds. The van der Waals surface area contributed by atoms with Crippen molar-refractivity contribution in [3.8, 4) is 5.82 Å². The summed E-state index contributed by atoms with van der Waals surface area (Å²) >= 11 is 0. The molecule has 0 unspecified atom stereocenters. The third kappa shape index (κ3) is 3.88. The lowest BCUT2D eigenvalue weighted by Gasteiger charge is -2.22. The van der Waals surface area contributed by atoms with E-state index in [9.17, 15) is 26.3 Å². The average Bonchev–Trinajstić information content (AvgIpc) is 3.42. The molecule has 3 aromatic heterocycles. The molecule has 0 saturated heterocycles. The van der Waals surface area contributed by atoms with Crippen LogP contribution in [0.25, 0.3) is 27.6 Å². The van der Waals surface area contributed by atoms with Gasteiger partial charge in [0.05, 0.1) is 27.7 Å². The lowest BCUT2D eigenvalue weighted by Crippen LogP contribution is -2.23. The number of pyridine rings is 1. The Balaban J connectivity index is 1.70. The van der Waals surface area contributed by atoms with Crippen LogP contribution in [0.1, 0.15) is 42.3 Å². The first kappa shape index (κ1) is 23.8. The van der Waals surface area contributed by atoms with Crippen LogP contribution < -0.4 is 0 Å². The minimum Gasteiger partial charge on any atom is -0.294 e. The van der Waals surface area contributed by atoms with E-state index in [1.54, 1.807) is 36.6 Å². The SMILES string of the molecule is Cc1ccc2c(c1)c1cc(C(F)(F)F)ccc1n2-c1cccc(C(C)(C)c2nc(C(F)(F)F)n[nH]2)n1. The maximum Gasteiger partial charge on any atom is 0.453 e. The molecule has 5 nitrogen and oxygen atoms in total. The first-order valence-corrected chi connectivity index (χ1v) is 10.9. The Hall–Kier alpha value is -3.89. The Morgan fingerprint density at radius 1 is 0.778 bits per heavy atom. The molecule has 186 valence electrons. The maximum absolute atomic E-state index is 13.4. The van der Waals surface area contributed by atoms with Crippen LogP contribution in [0.5, 0.6) is 0 Å². The average molecular weight is 503 g/mol. The van der Waals surface area contributed by atoms with Gasteiger partial charge in [-0.3, -0.25) is 9.67 Å². The number of rotatable bonds is 3. The van der Waals surface area contributed by atoms with Crippen molar-refractivity contribution in [2.24, 2.45) is 0 Å². The van der Waals surface area contributed by atoms with Crippen molar-refractivity contribution in [3.63, 3.8) is 0 Å². The summed E-state index contributed by atoms with van der Waals surface area (Å²) in [5.41, 5.74) is 0.614. The van der Waals surface area contributed by atoms with Gasteiger partial charge in [-0.05, 0) is 63.2 Å². The molecular weight excluding hydrogens is 484 g/mol. The van der Waals surface area contributed by atoms with Gasteiger partial charge in [0.15, 0.2) is 0 Å². The molecule has 1 N–H and O–H groups in total. The van der Waals surface area contributed by atoms with Crippen molar-refractivity contribution < 1.29 is 26.3 Å². The molecule has 5 rings (SSSR count). The maximum atomic E-state index is 13.4. The Labute approximate surface area is 200 Å². The van der Waals surface area contributed by atoms with E-state index in [-0.39, 0.29) is 5.82 Å². The van der Waals surface area contributed by atoms with Gasteiger partial charge in [0, 0.05) is 10.8 Å². The Bertz CT molecular complexity index is 1610. The van der Waals surface area contributed by atoms with Gasteiger partial charge < -0.3 is 0 Å². The molecule has 5 aromatic rings. The molecule has 0 aliphatic rings. The Morgan fingerprint density at radius 2 is 1.44 bits per heavy atom. The third-order valence-electron chi connectivity index (χ3n) is 6.18. The number of aryl methyl sites for hydroxylation is 1. The normalized spacial score (nSPS) is 13.1. The third-order valence-corrected chi connectivity index (χ3v) is 6.18. The molecule has 3 heterocycles. The van der Waals surface area contributed by atoms with Gasteiger partial charge in [0.25, 0.3) is 5.82 Å². The van der Waals surface area contributed by atoms with Crippen LogP contribution in [-0.4, -0.2) is 24.7 Å². The molecule has 0 atom stereocenters. The first-order valence-electron chi connectivity index (χ1n) is 10.9. The van der Waals surface area contributed by atoms with Gasteiger partial charge >= 0.3 is 12.4 Å². The lowest BCUT2D eigenvalue weighted by atomic mass is 9.88. The number of hydrogen-bond acceptors (Lipinski definition) is 3. The summed E-state index contributed by atoms with van der Waals surface area (Å²) in [6, 6.07) is 14.0. The van der Waals surface area contributed by atoms with Crippen LogP contribution in [0.2, 0.25) is 0 Å². The minimum atomic E-state index is -4.70. The van der Waals surface area contributed by atoms with Crippen molar-refractivity contribution >= 4 is 21.8 Å². The van der Waals surface area contributed by atoms with Crippen LogP contribution in [0, 0.1) is 6.92 Å². The fourth-order valence-electron chi connectivity index (χ4n) is 4.25. The van der Waals surface area contributed by atoms with Crippen molar-refractivity contribution in [2.75, 3.05) is 0 Å². The van der Waals surface area contributed by atoms with Gasteiger partial charge in [-0.2, -0.15) is 26.3 Å². The summed E-state index contributed by atoms with van der Waals surface area (Å²) in [5, 5.41) is 6.69. The second-order valence-electron chi connectivity index (χ2n) is 9.10. The summed E-state index contributed by atoms with van der Waals surface area (Å²) in [4.78, 5) is 8.32. The molecule has 2 aromatic carbocycles. The van der Waals surface area contributed by atoms with Gasteiger partial charge in [0.2, 0.25) is 0 Å². The number of fused-ring (bicyclic) bond motifs is 3. The van der Waals surface area contributed by atoms with E-state index in [2.05, 4.69) is 15.2 Å². The highest BCUT2D eigenvalue weighted by Gasteiger charge is 2.39. The summed E-state index contributed by atoms with van der Waals surface area (Å²) in [5.74, 6) is -0.896. The smallest absolute Gasteiger partial charge is 0.294 e. The quantitative estimate of drug-likeness (QED) is 0.271. The number of halogens is 6. The van der Waals surface area contributed by atoms with Gasteiger partial charge in [-0.15, -0.1) is 5.10 Å². The largest absolute Gasteiger partial charge is 0.453 e. The number of benzene rings is 2. The van der Waals surface area contributed by atoms with Gasteiger partial charge in [-0.1, -0.05) is 17.7 Å².